The maximum Gasteiger partial charge on any atom is 0.232 e. The smallest absolute Gasteiger partial charge is 0.232 e. The predicted molar refractivity (Wildman–Crippen MR) is 107 cm³/mol. The minimum absolute atomic E-state index is 0.0463. The van der Waals surface area contributed by atoms with Crippen LogP contribution in [0.25, 0.3) is 0 Å². The van der Waals surface area contributed by atoms with Crippen molar-refractivity contribution in [2.24, 2.45) is 0 Å². The Kier molecular flexibility index (Phi) is 6.67. The Morgan fingerprint density at radius 2 is 1.81 bits per heavy atom. The molecule has 0 aliphatic rings. The molecule has 140 valence electrons. The summed E-state index contributed by atoms with van der Waals surface area (Å²) < 4.78 is 25.6. The molecule has 0 saturated carbocycles. The van der Waals surface area contributed by atoms with E-state index in [-0.39, 0.29) is 18.9 Å². The number of amides is 1. The number of aryl methyl sites for hydroxylation is 2. The Hall–Kier alpha value is -2.05. The number of hydrogen-bond acceptors (Lipinski definition) is 3. The topological polar surface area (TPSA) is 66.5 Å². The van der Waals surface area contributed by atoms with E-state index in [1.54, 1.807) is 25.1 Å². The molecule has 2 rings (SSSR count). The van der Waals surface area contributed by atoms with Crippen molar-refractivity contribution in [3.63, 3.8) is 0 Å². The zero-order valence-electron chi connectivity index (χ0n) is 15.1. The van der Waals surface area contributed by atoms with Gasteiger partial charge in [-0.2, -0.15) is 0 Å². The molecule has 0 spiro atoms. The normalized spacial score (nSPS) is 11.2. The van der Waals surface area contributed by atoms with Crippen LogP contribution in [0.1, 0.15) is 24.5 Å². The molecule has 2 aromatic carbocycles. The summed E-state index contributed by atoms with van der Waals surface area (Å²) in [7, 11) is -3.52. The fraction of sp³-hybridized carbons (Fsp3) is 0.316. The second-order valence-electron chi connectivity index (χ2n) is 6.11. The van der Waals surface area contributed by atoms with Gasteiger partial charge in [-0.25, -0.2) is 8.42 Å². The van der Waals surface area contributed by atoms with E-state index >= 15 is 0 Å². The number of nitrogens with zero attached hydrogens (tertiary/aromatic N) is 1. The number of sulfonamides is 1. The van der Waals surface area contributed by atoms with Gasteiger partial charge in [0, 0.05) is 23.7 Å². The van der Waals surface area contributed by atoms with E-state index in [0.29, 0.717) is 16.4 Å². The highest BCUT2D eigenvalue weighted by Crippen LogP contribution is 2.25. The van der Waals surface area contributed by atoms with Crippen molar-refractivity contribution in [1.29, 1.82) is 0 Å². The zero-order chi connectivity index (χ0) is 19.3. The van der Waals surface area contributed by atoms with Crippen LogP contribution >= 0.6 is 11.6 Å². The third kappa shape index (κ3) is 5.47. The number of benzene rings is 2. The lowest BCUT2D eigenvalue weighted by molar-refractivity contribution is -0.116. The number of anilines is 2. The van der Waals surface area contributed by atoms with Crippen LogP contribution in [0.3, 0.4) is 0 Å². The molecule has 1 amide bonds. The van der Waals surface area contributed by atoms with E-state index in [1.165, 1.54) is 9.87 Å². The molecule has 26 heavy (non-hydrogen) atoms. The minimum atomic E-state index is -3.52. The molecule has 0 unspecified atom stereocenters. The molecule has 0 fully saturated rings. The van der Waals surface area contributed by atoms with Gasteiger partial charge in [0.15, 0.2) is 0 Å². The number of nitrogens with one attached hydrogen (secondary N) is 1. The van der Waals surface area contributed by atoms with E-state index in [2.05, 4.69) is 12.2 Å². The maximum atomic E-state index is 12.2. The van der Waals surface area contributed by atoms with Crippen LogP contribution in [0, 0.1) is 6.92 Å². The maximum absolute atomic E-state index is 12.2. The summed E-state index contributed by atoms with van der Waals surface area (Å²) in [5.74, 6) is -0.241. The van der Waals surface area contributed by atoms with E-state index in [9.17, 15) is 13.2 Å². The van der Waals surface area contributed by atoms with Gasteiger partial charge < -0.3 is 5.32 Å². The molecule has 0 aliphatic carbocycles. The fourth-order valence-corrected chi connectivity index (χ4v) is 3.83. The van der Waals surface area contributed by atoms with Gasteiger partial charge in [0.2, 0.25) is 15.9 Å². The predicted octanol–water partition coefficient (Wildman–Crippen LogP) is 4.01. The molecule has 1 N–H and O–H groups in total. The monoisotopic (exact) mass is 394 g/mol. The van der Waals surface area contributed by atoms with Crippen LogP contribution in [0.5, 0.6) is 0 Å². The third-order valence-corrected chi connectivity index (χ3v) is 5.43. The molecule has 0 atom stereocenters. The number of hydrogen-bond donors (Lipinski definition) is 1. The van der Waals surface area contributed by atoms with Crippen LogP contribution in [-0.2, 0) is 21.2 Å². The average molecular weight is 395 g/mol. The standard InChI is InChI=1S/C19H23ClN2O3S/c1-4-15-5-8-17(9-6-15)21-19(23)11-12-22(26(3,24)25)18-10-7-16(20)13-14(18)2/h5-10,13H,4,11-12H2,1-3H3,(H,21,23). The first kappa shape index (κ1) is 20.3. The number of carbonyl (C=O) groups excluding carboxylic acids is 1. The first-order valence-electron chi connectivity index (χ1n) is 8.33. The highest BCUT2D eigenvalue weighted by atomic mass is 35.5. The van der Waals surface area contributed by atoms with Crippen molar-refractivity contribution in [1.82, 2.24) is 0 Å². The Labute approximate surface area is 160 Å². The summed E-state index contributed by atoms with van der Waals surface area (Å²) in [6, 6.07) is 12.6. The molecule has 0 aliphatic heterocycles. The van der Waals surface area contributed by atoms with Crippen LogP contribution in [-0.4, -0.2) is 27.1 Å². The summed E-state index contributed by atoms with van der Waals surface area (Å²) >= 11 is 5.94. The van der Waals surface area contributed by atoms with Gasteiger partial charge in [-0.1, -0.05) is 30.7 Å². The van der Waals surface area contributed by atoms with Gasteiger partial charge in [-0.15, -0.1) is 0 Å². The molecule has 0 saturated heterocycles. The van der Waals surface area contributed by atoms with E-state index in [4.69, 9.17) is 11.6 Å². The number of carbonyl (C=O) groups is 1. The van der Waals surface area contributed by atoms with Gasteiger partial charge in [-0.3, -0.25) is 9.10 Å². The SMILES string of the molecule is CCc1ccc(NC(=O)CCN(c2ccc(Cl)cc2C)S(C)(=O)=O)cc1. The lowest BCUT2D eigenvalue weighted by atomic mass is 10.1. The van der Waals surface area contributed by atoms with Crippen molar-refractivity contribution in [2.75, 3.05) is 22.4 Å². The lowest BCUT2D eigenvalue weighted by Gasteiger charge is -2.24. The Balaban J connectivity index is 2.08. The third-order valence-electron chi connectivity index (χ3n) is 4.02. The molecule has 2 aromatic rings. The summed E-state index contributed by atoms with van der Waals surface area (Å²) in [5, 5.41) is 3.33. The first-order chi connectivity index (χ1) is 12.2. The van der Waals surface area contributed by atoms with E-state index in [0.717, 1.165) is 18.2 Å². The van der Waals surface area contributed by atoms with Gasteiger partial charge in [-0.05, 0) is 54.8 Å². The van der Waals surface area contributed by atoms with E-state index in [1.807, 2.05) is 24.3 Å². The first-order valence-corrected chi connectivity index (χ1v) is 10.6. The fourth-order valence-electron chi connectivity index (χ4n) is 2.61. The van der Waals surface area contributed by atoms with Crippen molar-refractivity contribution in [2.45, 2.75) is 26.7 Å². The van der Waals surface area contributed by atoms with Crippen molar-refractivity contribution in [3.8, 4) is 0 Å². The van der Waals surface area contributed by atoms with Crippen LogP contribution in [0.2, 0.25) is 5.02 Å². The highest BCUT2D eigenvalue weighted by Gasteiger charge is 2.20. The van der Waals surface area contributed by atoms with Gasteiger partial charge >= 0.3 is 0 Å². The summed E-state index contributed by atoms with van der Waals surface area (Å²) in [5.41, 5.74) is 3.14. The minimum Gasteiger partial charge on any atom is -0.326 e. The molecular weight excluding hydrogens is 372 g/mol. The Bertz CT molecular complexity index is 880. The molecular formula is C19H23ClN2O3S. The van der Waals surface area contributed by atoms with Crippen LogP contribution in [0.4, 0.5) is 11.4 Å². The van der Waals surface area contributed by atoms with Gasteiger partial charge in [0.1, 0.15) is 0 Å². The van der Waals surface area contributed by atoms with Gasteiger partial charge in [0.25, 0.3) is 0 Å². The largest absolute Gasteiger partial charge is 0.326 e. The number of rotatable bonds is 7. The second-order valence-corrected chi connectivity index (χ2v) is 8.46. The summed E-state index contributed by atoms with van der Waals surface area (Å²) in [6.45, 7) is 3.90. The summed E-state index contributed by atoms with van der Waals surface area (Å²) in [4.78, 5) is 12.2. The van der Waals surface area contributed by atoms with Crippen LogP contribution in [0.15, 0.2) is 42.5 Å². The second kappa shape index (κ2) is 8.56. The van der Waals surface area contributed by atoms with Gasteiger partial charge in [0.05, 0.1) is 11.9 Å². The summed E-state index contributed by atoms with van der Waals surface area (Å²) in [6.07, 6.45) is 2.10. The van der Waals surface area contributed by atoms with Crippen molar-refractivity contribution in [3.05, 3.63) is 58.6 Å². The van der Waals surface area contributed by atoms with Crippen molar-refractivity contribution < 1.29 is 13.2 Å². The highest BCUT2D eigenvalue weighted by molar-refractivity contribution is 7.92. The molecule has 5 nitrogen and oxygen atoms in total. The van der Waals surface area contributed by atoms with Crippen molar-refractivity contribution >= 4 is 38.9 Å². The molecule has 0 aromatic heterocycles. The Morgan fingerprint density at radius 3 is 2.35 bits per heavy atom. The Morgan fingerprint density at radius 1 is 1.15 bits per heavy atom. The molecule has 7 heteroatoms. The molecule has 0 heterocycles. The zero-order valence-corrected chi connectivity index (χ0v) is 16.7. The average Bonchev–Trinajstić information content (AvgIpc) is 2.56. The van der Waals surface area contributed by atoms with E-state index < -0.39 is 10.0 Å². The lowest BCUT2D eigenvalue weighted by Crippen LogP contribution is -2.33. The number of halogens is 1. The molecule has 0 radical (unpaired) electrons. The molecule has 0 bridgehead atoms. The quantitative estimate of drug-likeness (QED) is 0.771. The van der Waals surface area contributed by atoms with Crippen LogP contribution < -0.4 is 9.62 Å².